The summed E-state index contributed by atoms with van der Waals surface area (Å²) in [6, 6.07) is 0. The van der Waals surface area contributed by atoms with Crippen molar-refractivity contribution < 1.29 is 35.7 Å². The molecule has 7 atom stereocenters. The molecule has 7 heteroatoms. The summed E-state index contributed by atoms with van der Waals surface area (Å²) in [6.07, 6.45) is 21.0. The van der Waals surface area contributed by atoms with Crippen LogP contribution in [0.25, 0.3) is 0 Å². The summed E-state index contributed by atoms with van der Waals surface area (Å²) in [7, 11) is 0. The van der Waals surface area contributed by atoms with Crippen molar-refractivity contribution in [3.63, 3.8) is 0 Å². The molecule has 0 aromatic rings. The molecule has 52 heavy (non-hydrogen) atoms. The summed E-state index contributed by atoms with van der Waals surface area (Å²) in [6.45, 7) is 22.8. The molecular formula is C45H86O7. The average molecular weight is 739 g/mol. The van der Waals surface area contributed by atoms with Crippen molar-refractivity contribution in [3.05, 3.63) is 36.0 Å². The van der Waals surface area contributed by atoms with E-state index in [1.807, 2.05) is 41.5 Å². The predicted molar refractivity (Wildman–Crippen MR) is 219 cm³/mol. The molecular weight excluding hydrogens is 652 g/mol. The van der Waals surface area contributed by atoms with Gasteiger partial charge < -0.3 is 35.7 Å². The summed E-state index contributed by atoms with van der Waals surface area (Å²) in [5.41, 5.74) is -3.25. The molecule has 308 valence electrons. The summed E-state index contributed by atoms with van der Waals surface area (Å²) < 4.78 is 0. The molecule has 0 rings (SSSR count). The van der Waals surface area contributed by atoms with Crippen molar-refractivity contribution in [1.29, 1.82) is 0 Å². The molecule has 0 bridgehead atoms. The van der Waals surface area contributed by atoms with Gasteiger partial charge in [0.05, 0.1) is 39.2 Å². The molecule has 0 amide bonds. The Bertz CT molecular complexity index is 1040. The lowest BCUT2D eigenvalue weighted by molar-refractivity contribution is -0.00729. The van der Waals surface area contributed by atoms with Crippen LogP contribution in [0, 0.1) is 0 Å². The molecule has 0 aromatic carbocycles. The summed E-state index contributed by atoms with van der Waals surface area (Å²) in [5, 5.41) is 75.6. The first kappa shape index (κ1) is 50.9. The van der Waals surface area contributed by atoms with Gasteiger partial charge in [0.2, 0.25) is 0 Å². The Morgan fingerprint density at radius 3 is 0.962 bits per heavy atom. The topological polar surface area (TPSA) is 142 Å². The highest BCUT2D eigenvalue weighted by Crippen LogP contribution is 2.32. The molecule has 0 aliphatic carbocycles. The third kappa shape index (κ3) is 28.4. The van der Waals surface area contributed by atoms with Gasteiger partial charge in [-0.3, -0.25) is 0 Å². The van der Waals surface area contributed by atoms with E-state index in [1.54, 1.807) is 13.0 Å². The highest BCUT2D eigenvalue weighted by atomic mass is 16.3. The normalized spacial score (nSPS) is 20.7. The molecule has 0 aliphatic heterocycles. The summed E-state index contributed by atoms with van der Waals surface area (Å²) in [4.78, 5) is 0. The lowest BCUT2D eigenvalue weighted by atomic mass is 9.83. The van der Waals surface area contributed by atoms with Crippen LogP contribution in [-0.2, 0) is 0 Å². The molecule has 0 radical (unpaired) electrons. The maximum atomic E-state index is 11.0. The van der Waals surface area contributed by atoms with Gasteiger partial charge in [-0.2, -0.15) is 0 Å². The second kappa shape index (κ2) is 23.1. The van der Waals surface area contributed by atoms with E-state index < -0.39 is 39.2 Å². The van der Waals surface area contributed by atoms with E-state index in [2.05, 4.69) is 39.5 Å². The summed E-state index contributed by atoms with van der Waals surface area (Å²) in [5.74, 6) is 0. The zero-order chi connectivity index (χ0) is 40.3. The highest BCUT2D eigenvalue weighted by Gasteiger charge is 2.29. The molecule has 7 unspecified atom stereocenters. The molecule has 0 saturated heterocycles. The number of allylic oxidation sites excluding steroid dienone is 4. The van der Waals surface area contributed by atoms with Crippen molar-refractivity contribution in [2.24, 2.45) is 0 Å². The molecule has 0 spiro atoms. The van der Waals surface area contributed by atoms with Crippen LogP contribution in [0.15, 0.2) is 36.0 Å². The first-order valence-corrected chi connectivity index (χ1v) is 20.6. The van der Waals surface area contributed by atoms with Crippen LogP contribution in [0.2, 0.25) is 0 Å². The predicted octanol–water partition coefficient (Wildman–Crippen LogP) is 9.92. The second-order valence-corrected chi connectivity index (χ2v) is 19.1. The molecule has 7 nitrogen and oxygen atoms in total. The second-order valence-electron chi connectivity index (χ2n) is 19.1. The quantitative estimate of drug-likeness (QED) is 0.0351. The first-order chi connectivity index (χ1) is 23.6. The minimum absolute atomic E-state index is 0.573. The Balaban J connectivity index is 4.37. The minimum atomic E-state index is -0.873. The van der Waals surface area contributed by atoms with Crippen molar-refractivity contribution in [2.75, 3.05) is 0 Å². The van der Waals surface area contributed by atoms with E-state index in [9.17, 15) is 35.7 Å². The lowest BCUT2D eigenvalue weighted by Crippen LogP contribution is -2.31. The van der Waals surface area contributed by atoms with Gasteiger partial charge in [-0.25, -0.2) is 0 Å². The van der Waals surface area contributed by atoms with Crippen molar-refractivity contribution >= 4 is 0 Å². The third-order valence-corrected chi connectivity index (χ3v) is 11.3. The molecule has 7 N–H and O–H groups in total. The van der Waals surface area contributed by atoms with E-state index >= 15 is 0 Å². The Morgan fingerprint density at radius 2 is 0.673 bits per heavy atom. The molecule has 0 fully saturated rings. The van der Waals surface area contributed by atoms with Gasteiger partial charge in [0.25, 0.3) is 0 Å². The van der Waals surface area contributed by atoms with Gasteiger partial charge >= 0.3 is 0 Å². The van der Waals surface area contributed by atoms with Gasteiger partial charge in [0.1, 0.15) is 0 Å². The summed E-state index contributed by atoms with van der Waals surface area (Å²) >= 11 is 0. The lowest BCUT2D eigenvalue weighted by Gasteiger charge is -2.30. The maximum Gasteiger partial charge on any atom is 0.0800 e. The molecule has 0 saturated carbocycles. The highest BCUT2D eigenvalue weighted by molar-refractivity contribution is 5.01. The SMILES string of the molecule is C=CC(C)(O)CC/C=C(\C)CCCC(C)(O)CCCC(C)(O)CCCC(C)(O)CCCC(C)(O)CCCC(C)(O)CCCC(C)(O)CCC=C(C)C. The minimum Gasteiger partial charge on any atom is -0.390 e. The number of hydrogen-bond donors (Lipinski definition) is 7. The van der Waals surface area contributed by atoms with Crippen molar-refractivity contribution in [2.45, 2.75) is 250 Å². The fraction of sp³-hybridized carbons (Fsp3) is 0.867. The zero-order valence-corrected chi connectivity index (χ0v) is 35.6. The van der Waals surface area contributed by atoms with Gasteiger partial charge in [0.15, 0.2) is 0 Å². The van der Waals surface area contributed by atoms with Crippen molar-refractivity contribution in [3.8, 4) is 0 Å². The fourth-order valence-corrected chi connectivity index (χ4v) is 7.24. The standard InChI is InChI=1S/C45H86O7/c1-12-39(5,46)24-14-22-38(4)23-15-26-41(7,48)28-17-30-43(9,50)32-19-34-45(11,52)36-20-35-44(10,51)33-18-31-42(8,49)29-16-27-40(6,47)25-13-21-37(2)3/h12,21-22,46-52H,1,13-20,23-36H2,2-11H3/b38-22+. The van der Waals surface area contributed by atoms with Crippen LogP contribution in [0.3, 0.4) is 0 Å². The van der Waals surface area contributed by atoms with Crippen LogP contribution in [0.5, 0.6) is 0 Å². The Hall–Kier alpha value is -1.06. The third-order valence-electron chi connectivity index (χ3n) is 11.3. The Morgan fingerprint density at radius 1 is 0.404 bits per heavy atom. The van der Waals surface area contributed by atoms with Crippen LogP contribution in [0.4, 0.5) is 0 Å². The smallest absolute Gasteiger partial charge is 0.0800 e. The average Bonchev–Trinajstić information content (AvgIpc) is 2.95. The van der Waals surface area contributed by atoms with E-state index in [1.165, 1.54) is 11.1 Å². The molecule has 0 aliphatic rings. The van der Waals surface area contributed by atoms with Crippen molar-refractivity contribution in [1.82, 2.24) is 0 Å². The fourth-order valence-electron chi connectivity index (χ4n) is 7.24. The van der Waals surface area contributed by atoms with Crippen LogP contribution in [-0.4, -0.2) is 75.0 Å². The van der Waals surface area contributed by atoms with E-state index in [0.717, 1.165) is 38.5 Å². The molecule has 0 heterocycles. The van der Waals surface area contributed by atoms with Gasteiger partial charge in [-0.1, -0.05) is 29.4 Å². The van der Waals surface area contributed by atoms with E-state index in [4.69, 9.17) is 0 Å². The first-order valence-electron chi connectivity index (χ1n) is 20.6. The number of hydrogen-bond acceptors (Lipinski definition) is 7. The Labute approximate surface area is 320 Å². The van der Waals surface area contributed by atoms with E-state index in [-0.39, 0.29) is 0 Å². The van der Waals surface area contributed by atoms with Crippen LogP contribution >= 0.6 is 0 Å². The maximum absolute atomic E-state index is 11.0. The van der Waals surface area contributed by atoms with Gasteiger partial charge in [-0.05, 0) is 210 Å². The number of rotatable bonds is 31. The number of aliphatic hydroxyl groups is 7. The van der Waals surface area contributed by atoms with E-state index in [0.29, 0.717) is 103 Å². The van der Waals surface area contributed by atoms with Crippen LogP contribution < -0.4 is 0 Å². The zero-order valence-electron chi connectivity index (χ0n) is 35.6. The van der Waals surface area contributed by atoms with Gasteiger partial charge in [-0.15, -0.1) is 6.58 Å². The monoisotopic (exact) mass is 739 g/mol. The van der Waals surface area contributed by atoms with Gasteiger partial charge in [0, 0.05) is 0 Å². The molecule has 0 aromatic heterocycles. The Kier molecular flexibility index (Phi) is 22.6. The van der Waals surface area contributed by atoms with Crippen LogP contribution in [0.1, 0.15) is 210 Å². The largest absolute Gasteiger partial charge is 0.390 e.